The van der Waals surface area contributed by atoms with Crippen molar-refractivity contribution in [3.63, 3.8) is 0 Å². The second kappa shape index (κ2) is 8.26. The molecule has 0 bridgehead atoms. The van der Waals surface area contributed by atoms with Crippen molar-refractivity contribution in [3.8, 4) is 0 Å². The summed E-state index contributed by atoms with van der Waals surface area (Å²) in [5.41, 5.74) is 5.16. The lowest BCUT2D eigenvalue weighted by atomic mass is 9.96. The van der Waals surface area contributed by atoms with Crippen molar-refractivity contribution >= 4 is 11.6 Å². The molecule has 25 heavy (non-hydrogen) atoms. The summed E-state index contributed by atoms with van der Waals surface area (Å²) in [6, 6.07) is 10.5. The van der Waals surface area contributed by atoms with Crippen LogP contribution in [0.3, 0.4) is 0 Å². The van der Waals surface area contributed by atoms with E-state index >= 15 is 0 Å². The zero-order valence-corrected chi connectivity index (χ0v) is 15.6. The Labute approximate surface area is 149 Å². The molecule has 0 aliphatic heterocycles. The Morgan fingerprint density at radius 1 is 1.04 bits per heavy atom. The summed E-state index contributed by atoms with van der Waals surface area (Å²) >= 11 is 0. The van der Waals surface area contributed by atoms with Crippen LogP contribution in [-0.4, -0.2) is 12.5 Å². The molecule has 0 aliphatic carbocycles. The molecule has 0 heterocycles. The van der Waals surface area contributed by atoms with Crippen molar-refractivity contribution < 1.29 is 9.18 Å². The zero-order chi connectivity index (χ0) is 18.6. The first kappa shape index (κ1) is 19.1. The minimum absolute atomic E-state index is 0.00781. The highest BCUT2D eigenvalue weighted by Gasteiger charge is 2.17. The molecular weight excluding hydrogens is 315 g/mol. The summed E-state index contributed by atoms with van der Waals surface area (Å²) in [5, 5.41) is 6.29. The molecule has 0 saturated carbocycles. The number of aryl methyl sites for hydroxylation is 3. The van der Waals surface area contributed by atoms with Gasteiger partial charge in [-0.3, -0.25) is 4.79 Å². The molecule has 4 heteroatoms. The van der Waals surface area contributed by atoms with Gasteiger partial charge in [0.1, 0.15) is 5.82 Å². The SMILES string of the molecule is Cc1cc(C)c(NC(=O)CN[C@H](c2ccc(F)cc2)C(C)C)c(C)c1. The lowest BCUT2D eigenvalue weighted by molar-refractivity contribution is -0.115. The molecule has 0 aliphatic rings. The fourth-order valence-corrected chi connectivity index (χ4v) is 3.17. The van der Waals surface area contributed by atoms with Gasteiger partial charge in [0, 0.05) is 11.7 Å². The van der Waals surface area contributed by atoms with Crippen LogP contribution in [0, 0.1) is 32.5 Å². The van der Waals surface area contributed by atoms with E-state index in [2.05, 4.69) is 36.6 Å². The lowest BCUT2D eigenvalue weighted by Crippen LogP contribution is -2.34. The number of carbonyl (C=O) groups excluding carboxylic acids is 1. The second-order valence-electron chi connectivity index (χ2n) is 6.98. The van der Waals surface area contributed by atoms with Crippen molar-refractivity contribution in [2.75, 3.05) is 11.9 Å². The van der Waals surface area contributed by atoms with Crippen LogP contribution in [0.25, 0.3) is 0 Å². The molecule has 0 fully saturated rings. The Balaban J connectivity index is 2.03. The molecule has 2 aromatic rings. The standard InChI is InChI=1S/C21H27FN2O/c1-13(2)20(17-6-8-18(22)9-7-17)23-12-19(25)24-21-15(4)10-14(3)11-16(21)5/h6-11,13,20,23H,12H2,1-5H3,(H,24,25)/t20-/m0/s1. The molecule has 3 nitrogen and oxygen atoms in total. The molecule has 0 unspecified atom stereocenters. The number of anilines is 1. The molecule has 0 saturated heterocycles. The highest BCUT2D eigenvalue weighted by Crippen LogP contribution is 2.23. The first-order valence-corrected chi connectivity index (χ1v) is 8.64. The summed E-state index contributed by atoms with van der Waals surface area (Å²) in [7, 11) is 0. The fourth-order valence-electron chi connectivity index (χ4n) is 3.17. The Bertz CT molecular complexity index is 715. The minimum atomic E-state index is -0.255. The van der Waals surface area contributed by atoms with Crippen molar-refractivity contribution in [1.82, 2.24) is 5.32 Å². The number of rotatable bonds is 6. The van der Waals surface area contributed by atoms with Gasteiger partial charge >= 0.3 is 0 Å². The maximum absolute atomic E-state index is 13.1. The summed E-state index contributed by atoms with van der Waals surface area (Å²) in [4.78, 5) is 12.4. The number of nitrogens with one attached hydrogen (secondary N) is 2. The van der Waals surface area contributed by atoms with Crippen LogP contribution in [-0.2, 0) is 4.79 Å². The number of carbonyl (C=O) groups is 1. The van der Waals surface area contributed by atoms with Gasteiger partial charge in [-0.25, -0.2) is 4.39 Å². The predicted molar refractivity (Wildman–Crippen MR) is 101 cm³/mol. The minimum Gasteiger partial charge on any atom is -0.324 e. The van der Waals surface area contributed by atoms with E-state index in [0.29, 0.717) is 0 Å². The summed E-state index contributed by atoms with van der Waals surface area (Å²) < 4.78 is 13.1. The molecular formula is C21H27FN2O. The van der Waals surface area contributed by atoms with Crippen LogP contribution in [0.15, 0.2) is 36.4 Å². The summed E-state index contributed by atoms with van der Waals surface area (Å²) in [5.74, 6) is -0.0572. The van der Waals surface area contributed by atoms with Crippen LogP contribution >= 0.6 is 0 Å². The third kappa shape index (κ3) is 5.13. The average Bonchev–Trinajstić information content (AvgIpc) is 2.52. The Morgan fingerprint density at radius 3 is 2.12 bits per heavy atom. The lowest BCUT2D eigenvalue weighted by Gasteiger charge is -2.23. The number of hydrogen-bond acceptors (Lipinski definition) is 2. The first-order chi connectivity index (χ1) is 11.8. The maximum atomic E-state index is 13.1. The monoisotopic (exact) mass is 342 g/mol. The molecule has 2 rings (SSSR count). The third-order valence-electron chi connectivity index (χ3n) is 4.32. The molecule has 134 valence electrons. The molecule has 1 atom stereocenters. The van der Waals surface area contributed by atoms with Gasteiger partial charge in [-0.1, -0.05) is 43.7 Å². The van der Waals surface area contributed by atoms with E-state index in [1.165, 1.54) is 17.7 Å². The maximum Gasteiger partial charge on any atom is 0.238 e. The van der Waals surface area contributed by atoms with E-state index in [9.17, 15) is 9.18 Å². The van der Waals surface area contributed by atoms with Crippen LogP contribution in [0.4, 0.5) is 10.1 Å². The molecule has 2 aromatic carbocycles. The average molecular weight is 342 g/mol. The fraction of sp³-hybridized carbons (Fsp3) is 0.381. The van der Waals surface area contributed by atoms with Crippen LogP contribution in [0.5, 0.6) is 0 Å². The smallest absolute Gasteiger partial charge is 0.238 e. The van der Waals surface area contributed by atoms with Gasteiger partial charge in [-0.15, -0.1) is 0 Å². The van der Waals surface area contributed by atoms with Gasteiger partial charge in [0.15, 0.2) is 0 Å². The van der Waals surface area contributed by atoms with E-state index in [0.717, 1.165) is 22.4 Å². The highest BCUT2D eigenvalue weighted by molar-refractivity contribution is 5.93. The van der Waals surface area contributed by atoms with Gasteiger partial charge in [0.05, 0.1) is 6.54 Å². The van der Waals surface area contributed by atoms with Crippen LogP contribution < -0.4 is 10.6 Å². The Morgan fingerprint density at radius 2 is 1.60 bits per heavy atom. The first-order valence-electron chi connectivity index (χ1n) is 8.64. The van der Waals surface area contributed by atoms with E-state index in [1.807, 2.05) is 20.8 Å². The van der Waals surface area contributed by atoms with Gasteiger partial charge in [0.2, 0.25) is 5.91 Å². The normalized spacial score (nSPS) is 12.3. The van der Waals surface area contributed by atoms with E-state index in [1.54, 1.807) is 12.1 Å². The van der Waals surface area contributed by atoms with Crippen LogP contribution in [0.1, 0.15) is 42.1 Å². The number of amides is 1. The van der Waals surface area contributed by atoms with Crippen LogP contribution in [0.2, 0.25) is 0 Å². The third-order valence-corrected chi connectivity index (χ3v) is 4.32. The van der Waals surface area contributed by atoms with Crippen molar-refractivity contribution in [1.29, 1.82) is 0 Å². The number of benzene rings is 2. The Kier molecular flexibility index (Phi) is 6.32. The Hall–Kier alpha value is -2.20. The highest BCUT2D eigenvalue weighted by atomic mass is 19.1. The largest absolute Gasteiger partial charge is 0.324 e. The second-order valence-corrected chi connectivity index (χ2v) is 6.98. The predicted octanol–water partition coefficient (Wildman–Crippen LogP) is 4.68. The molecule has 0 aromatic heterocycles. The summed E-state index contributed by atoms with van der Waals surface area (Å²) in [6.07, 6.45) is 0. The van der Waals surface area contributed by atoms with Crippen molar-refractivity contribution in [3.05, 3.63) is 64.5 Å². The van der Waals surface area contributed by atoms with Gasteiger partial charge in [-0.2, -0.15) is 0 Å². The number of hydrogen-bond donors (Lipinski definition) is 2. The van der Waals surface area contributed by atoms with Crippen molar-refractivity contribution in [2.45, 2.75) is 40.7 Å². The van der Waals surface area contributed by atoms with E-state index in [4.69, 9.17) is 0 Å². The molecule has 0 spiro atoms. The number of halogens is 1. The van der Waals surface area contributed by atoms with E-state index < -0.39 is 0 Å². The molecule has 1 amide bonds. The zero-order valence-electron chi connectivity index (χ0n) is 15.6. The van der Waals surface area contributed by atoms with E-state index in [-0.39, 0.29) is 30.2 Å². The molecule has 2 N–H and O–H groups in total. The summed E-state index contributed by atoms with van der Waals surface area (Å²) in [6.45, 7) is 10.4. The van der Waals surface area contributed by atoms with Gasteiger partial charge in [0.25, 0.3) is 0 Å². The van der Waals surface area contributed by atoms with Gasteiger partial charge in [-0.05, 0) is 55.5 Å². The quantitative estimate of drug-likeness (QED) is 0.800. The van der Waals surface area contributed by atoms with Gasteiger partial charge < -0.3 is 10.6 Å². The topological polar surface area (TPSA) is 41.1 Å². The molecule has 0 radical (unpaired) electrons. The van der Waals surface area contributed by atoms with Crippen molar-refractivity contribution in [2.24, 2.45) is 5.92 Å².